The van der Waals surface area contributed by atoms with E-state index in [9.17, 15) is 12.8 Å². The number of methoxy groups -OCH3 is 1. The molecule has 1 aliphatic heterocycles. The highest BCUT2D eigenvalue weighted by atomic mass is 32.2. The number of fused-ring (bicyclic) bond motifs is 1. The first-order valence-electron chi connectivity index (χ1n) is 9.09. The van der Waals surface area contributed by atoms with Gasteiger partial charge in [0.25, 0.3) is 0 Å². The molecule has 0 bridgehead atoms. The summed E-state index contributed by atoms with van der Waals surface area (Å²) in [4.78, 5) is 5.86. The van der Waals surface area contributed by atoms with E-state index in [1.807, 2.05) is 6.92 Å². The van der Waals surface area contributed by atoms with Crippen LogP contribution in [0.5, 0.6) is 5.75 Å². The molecule has 0 radical (unpaired) electrons. The molecule has 0 aliphatic carbocycles. The van der Waals surface area contributed by atoms with Crippen molar-refractivity contribution in [3.05, 3.63) is 46.6 Å². The number of aromatic nitrogens is 2. The molecule has 6 nitrogen and oxygen atoms in total. The fourth-order valence-electron chi connectivity index (χ4n) is 3.85. The predicted octanol–water partition coefficient (Wildman–Crippen LogP) is 3.73. The number of aryl methyl sites for hydroxylation is 2. The Kier molecular flexibility index (Phi) is 4.93. The van der Waals surface area contributed by atoms with Crippen LogP contribution in [0.4, 0.5) is 4.39 Å². The quantitative estimate of drug-likeness (QED) is 0.642. The fourth-order valence-corrected chi connectivity index (χ4v) is 6.43. The molecule has 1 aromatic carbocycles. The summed E-state index contributed by atoms with van der Waals surface area (Å²) >= 11 is 1.68. The van der Waals surface area contributed by atoms with Gasteiger partial charge in [-0.05, 0) is 44.9 Å². The standard InChI is InChI=1S/C19H22FN3O3S2/c1-12-11-27-19-18(21-13(2)23(12)19)14-6-8-22(9-7-14)28(24,25)15-4-5-17(26-3)16(20)10-15/h4-5,10-11,14H,6-9H2,1-3H3. The largest absolute Gasteiger partial charge is 0.494 e. The molecule has 4 rings (SSSR count). The Morgan fingerprint density at radius 2 is 1.96 bits per heavy atom. The molecule has 0 N–H and O–H groups in total. The zero-order valence-electron chi connectivity index (χ0n) is 16.0. The van der Waals surface area contributed by atoms with Gasteiger partial charge in [0, 0.05) is 30.1 Å². The molecule has 0 unspecified atom stereocenters. The number of hydrogen-bond donors (Lipinski definition) is 0. The minimum atomic E-state index is -3.73. The first-order valence-corrected chi connectivity index (χ1v) is 11.4. The first kappa shape index (κ1) is 19.4. The molecule has 1 aliphatic rings. The molecule has 0 atom stereocenters. The van der Waals surface area contributed by atoms with Gasteiger partial charge in [0.2, 0.25) is 10.0 Å². The van der Waals surface area contributed by atoms with Gasteiger partial charge in [0.1, 0.15) is 10.7 Å². The maximum Gasteiger partial charge on any atom is 0.243 e. The minimum absolute atomic E-state index is 0.0306. The number of piperidine rings is 1. The second-order valence-corrected chi connectivity index (χ2v) is 9.83. The van der Waals surface area contributed by atoms with Gasteiger partial charge in [-0.25, -0.2) is 17.8 Å². The molecule has 1 saturated heterocycles. The third-order valence-electron chi connectivity index (χ3n) is 5.32. The summed E-state index contributed by atoms with van der Waals surface area (Å²) in [5, 5.41) is 2.12. The van der Waals surface area contributed by atoms with Crippen LogP contribution in [0.15, 0.2) is 28.5 Å². The normalized spacial score (nSPS) is 16.7. The van der Waals surface area contributed by atoms with Crippen molar-refractivity contribution < 1.29 is 17.5 Å². The summed E-state index contributed by atoms with van der Waals surface area (Å²) in [7, 11) is -2.39. The molecular weight excluding hydrogens is 401 g/mol. The maximum absolute atomic E-state index is 14.0. The third-order valence-corrected chi connectivity index (χ3v) is 8.29. The lowest BCUT2D eigenvalue weighted by Crippen LogP contribution is -2.38. The highest BCUT2D eigenvalue weighted by molar-refractivity contribution is 7.89. The number of imidazole rings is 1. The molecule has 0 amide bonds. The number of thiazole rings is 1. The van der Waals surface area contributed by atoms with Crippen molar-refractivity contribution in [3.8, 4) is 5.75 Å². The molecule has 2 aromatic heterocycles. The topological polar surface area (TPSA) is 63.9 Å². The summed E-state index contributed by atoms with van der Waals surface area (Å²) in [6.07, 6.45) is 1.39. The molecule has 3 heterocycles. The molecule has 3 aromatic rings. The summed E-state index contributed by atoms with van der Waals surface area (Å²) < 4.78 is 48.2. The maximum atomic E-state index is 14.0. The van der Waals surface area contributed by atoms with E-state index < -0.39 is 15.8 Å². The molecule has 0 saturated carbocycles. The van der Waals surface area contributed by atoms with Gasteiger partial charge in [-0.2, -0.15) is 4.31 Å². The van der Waals surface area contributed by atoms with Gasteiger partial charge >= 0.3 is 0 Å². The lowest BCUT2D eigenvalue weighted by atomic mass is 9.95. The SMILES string of the molecule is COc1ccc(S(=O)(=O)N2CCC(c3nc(C)n4c(C)csc34)CC2)cc1F. The van der Waals surface area contributed by atoms with Crippen molar-refractivity contribution in [3.63, 3.8) is 0 Å². The van der Waals surface area contributed by atoms with E-state index in [4.69, 9.17) is 9.72 Å². The van der Waals surface area contributed by atoms with Crippen molar-refractivity contribution in [2.45, 2.75) is 37.5 Å². The van der Waals surface area contributed by atoms with E-state index in [0.717, 1.165) is 28.1 Å². The second kappa shape index (κ2) is 7.13. The molecule has 28 heavy (non-hydrogen) atoms. The Hall–Kier alpha value is -1.97. The third kappa shape index (κ3) is 3.11. The Morgan fingerprint density at radius 3 is 2.61 bits per heavy atom. The summed E-state index contributed by atoms with van der Waals surface area (Å²) in [5.41, 5.74) is 2.22. The Balaban J connectivity index is 1.54. The number of rotatable bonds is 4. The van der Waals surface area contributed by atoms with Crippen LogP contribution in [0.1, 0.15) is 36.0 Å². The monoisotopic (exact) mass is 423 g/mol. The van der Waals surface area contributed by atoms with E-state index in [-0.39, 0.29) is 16.6 Å². The van der Waals surface area contributed by atoms with Crippen LogP contribution in [0.2, 0.25) is 0 Å². The van der Waals surface area contributed by atoms with Gasteiger partial charge in [-0.3, -0.25) is 4.40 Å². The van der Waals surface area contributed by atoms with Crippen LogP contribution < -0.4 is 4.74 Å². The second-order valence-electron chi connectivity index (χ2n) is 7.04. The van der Waals surface area contributed by atoms with Crippen molar-refractivity contribution in [2.75, 3.05) is 20.2 Å². The molecular formula is C19H22FN3O3S2. The average Bonchev–Trinajstić information content (AvgIpc) is 3.23. The van der Waals surface area contributed by atoms with Gasteiger partial charge in [0.05, 0.1) is 17.7 Å². The smallest absolute Gasteiger partial charge is 0.243 e. The Bertz CT molecular complexity index is 1130. The minimum Gasteiger partial charge on any atom is -0.494 e. The average molecular weight is 424 g/mol. The van der Waals surface area contributed by atoms with Crippen LogP contribution in [0, 0.1) is 19.7 Å². The van der Waals surface area contributed by atoms with Gasteiger partial charge < -0.3 is 4.74 Å². The molecule has 9 heteroatoms. The summed E-state index contributed by atoms with van der Waals surface area (Å²) in [5.74, 6) is 0.541. The number of halogens is 1. The van der Waals surface area contributed by atoms with Crippen molar-refractivity contribution in [1.82, 2.24) is 13.7 Å². The molecule has 0 spiro atoms. The number of hydrogen-bond acceptors (Lipinski definition) is 5. The van der Waals surface area contributed by atoms with Gasteiger partial charge in [-0.15, -0.1) is 11.3 Å². The predicted molar refractivity (Wildman–Crippen MR) is 106 cm³/mol. The number of sulfonamides is 1. The lowest BCUT2D eigenvalue weighted by molar-refractivity contribution is 0.317. The van der Waals surface area contributed by atoms with E-state index in [0.29, 0.717) is 25.9 Å². The number of nitrogens with zero attached hydrogens (tertiary/aromatic N) is 3. The van der Waals surface area contributed by atoms with Crippen LogP contribution in [-0.2, 0) is 10.0 Å². The molecule has 1 fully saturated rings. The van der Waals surface area contributed by atoms with Crippen molar-refractivity contribution in [1.29, 1.82) is 0 Å². The zero-order valence-corrected chi connectivity index (χ0v) is 17.6. The number of ether oxygens (including phenoxy) is 1. The first-order chi connectivity index (χ1) is 13.3. The lowest BCUT2D eigenvalue weighted by Gasteiger charge is -2.30. The van der Waals surface area contributed by atoms with Gasteiger partial charge in [0.15, 0.2) is 11.6 Å². The Labute approximate surface area is 167 Å². The van der Waals surface area contributed by atoms with Crippen molar-refractivity contribution in [2.24, 2.45) is 0 Å². The van der Waals surface area contributed by atoms with Crippen LogP contribution in [0.25, 0.3) is 4.83 Å². The van der Waals surface area contributed by atoms with E-state index in [2.05, 4.69) is 16.7 Å². The van der Waals surface area contributed by atoms with E-state index in [1.165, 1.54) is 23.5 Å². The Morgan fingerprint density at radius 1 is 1.25 bits per heavy atom. The summed E-state index contributed by atoms with van der Waals surface area (Å²) in [6.45, 7) is 4.84. The van der Waals surface area contributed by atoms with E-state index in [1.54, 1.807) is 11.3 Å². The highest BCUT2D eigenvalue weighted by Gasteiger charge is 2.32. The molecule has 150 valence electrons. The van der Waals surface area contributed by atoms with Crippen LogP contribution in [0.3, 0.4) is 0 Å². The summed E-state index contributed by atoms with van der Waals surface area (Å²) in [6, 6.07) is 3.76. The van der Waals surface area contributed by atoms with Crippen LogP contribution in [-0.4, -0.2) is 42.3 Å². The van der Waals surface area contributed by atoms with Crippen molar-refractivity contribution >= 4 is 26.2 Å². The van der Waals surface area contributed by atoms with Gasteiger partial charge in [-0.1, -0.05) is 0 Å². The van der Waals surface area contributed by atoms with Crippen LogP contribution >= 0.6 is 11.3 Å². The highest BCUT2D eigenvalue weighted by Crippen LogP contribution is 2.35. The zero-order chi connectivity index (χ0) is 20.1. The number of benzene rings is 1. The fraction of sp³-hybridized carbons (Fsp3) is 0.421. The van der Waals surface area contributed by atoms with E-state index >= 15 is 0 Å².